The second kappa shape index (κ2) is 7.41. The number of furan rings is 1. The maximum absolute atomic E-state index is 12.3. The number of ether oxygens (including phenoxy) is 1. The van der Waals surface area contributed by atoms with E-state index in [1.165, 1.54) is 19.3 Å². The summed E-state index contributed by atoms with van der Waals surface area (Å²) < 4.78 is 11.5. The van der Waals surface area contributed by atoms with Crippen molar-refractivity contribution in [1.29, 1.82) is 0 Å². The fraction of sp³-hybridized carbons (Fsp3) is 0.737. The van der Waals surface area contributed by atoms with E-state index in [1.807, 2.05) is 32.9 Å². The fourth-order valence-corrected chi connectivity index (χ4v) is 3.17. The van der Waals surface area contributed by atoms with Gasteiger partial charge < -0.3 is 14.5 Å². The van der Waals surface area contributed by atoms with Gasteiger partial charge in [-0.3, -0.25) is 0 Å². The molecule has 0 aromatic carbocycles. The molecular formula is C19H31NO3. The Morgan fingerprint density at radius 1 is 1.17 bits per heavy atom. The zero-order valence-corrected chi connectivity index (χ0v) is 15.1. The highest BCUT2D eigenvalue weighted by Gasteiger charge is 2.30. The molecule has 0 spiro atoms. The van der Waals surface area contributed by atoms with E-state index in [-0.39, 0.29) is 12.1 Å². The molecule has 0 bridgehead atoms. The van der Waals surface area contributed by atoms with Crippen molar-refractivity contribution in [2.24, 2.45) is 5.92 Å². The van der Waals surface area contributed by atoms with E-state index in [0.717, 1.165) is 24.4 Å². The van der Waals surface area contributed by atoms with Gasteiger partial charge in [0.15, 0.2) is 0 Å². The predicted octanol–water partition coefficient (Wildman–Crippen LogP) is 5.55. The van der Waals surface area contributed by atoms with Crippen molar-refractivity contribution in [3.8, 4) is 0 Å². The summed E-state index contributed by atoms with van der Waals surface area (Å²) in [6, 6.07) is 3.93. The number of hydrogen-bond acceptors (Lipinski definition) is 3. The molecule has 1 unspecified atom stereocenters. The Labute approximate surface area is 140 Å². The molecule has 1 heterocycles. The van der Waals surface area contributed by atoms with Crippen LogP contribution in [0.2, 0.25) is 0 Å². The van der Waals surface area contributed by atoms with Crippen LogP contribution in [0, 0.1) is 5.92 Å². The van der Waals surface area contributed by atoms with Crippen molar-refractivity contribution in [3.05, 3.63) is 23.7 Å². The molecule has 0 aliphatic heterocycles. The standard InChI is InChI=1S/C19H31NO3/c1-13(2)15-11-12-16(22-15)17(14-9-7-6-8-10-14)20-18(21)23-19(3,4)5/h11-14,17H,6-10H2,1-5H3,(H,20,21). The molecule has 1 saturated carbocycles. The molecule has 1 N–H and O–H groups in total. The van der Waals surface area contributed by atoms with E-state index in [4.69, 9.17) is 9.15 Å². The number of rotatable bonds is 4. The number of carbonyl (C=O) groups excluding carboxylic acids is 1. The van der Waals surface area contributed by atoms with E-state index in [1.54, 1.807) is 0 Å². The third-order valence-corrected chi connectivity index (χ3v) is 4.32. The second-order valence-corrected chi connectivity index (χ2v) is 7.92. The predicted molar refractivity (Wildman–Crippen MR) is 91.5 cm³/mol. The average molecular weight is 321 g/mol. The minimum atomic E-state index is -0.493. The van der Waals surface area contributed by atoms with Gasteiger partial charge in [0.25, 0.3) is 0 Å². The second-order valence-electron chi connectivity index (χ2n) is 7.92. The maximum Gasteiger partial charge on any atom is 0.408 e. The highest BCUT2D eigenvalue weighted by molar-refractivity contribution is 5.68. The third-order valence-electron chi connectivity index (χ3n) is 4.32. The van der Waals surface area contributed by atoms with E-state index in [9.17, 15) is 4.79 Å². The van der Waals surface area contributed by atoms with Crippen LogP contribution >= 0.6 is 0 Å². The van der Waals surface area contributed by atoms with Gasteiger partial charge in [-0.1, -0.05) is 33.1 Å². The SMILES string of the molecule is CC(C)c1ccc(C(NC(=O)OC(C)(C)C)C2CCCCC2)o1. The number of hydrogen-bond donors (Lipinski definition) is 1. The van der Waals surface area contributed by atoms with Gasteiger partial charge in [-0.15, -0.1) is 0 Å². The molecule has 1 fully saturated rings. The smallest absolute Gasteiger partial charge is 0.408 e. The highest BCUT2D eigenvalue weighted by Crippen LogP contribution is 2.36. The van der Waals surface area contributed by atoms with Crippen molar-refractivity contribution in [2.75, 3.05) is 0 Å². The van der Waals surface area contributed by atoms with E-state index in [0.29, 0.717) is 11.8 Å². The third kappa shape index (κ3) is 5.29. The van der Waals surface area contributed by atoms with Gasteiger partial charge >= 0.3 is 6.09 Å². The van der Waals surface area contributed by atoms with Gasteiger partial charge in [0.2, 0.25) is 0 Å². The first-order chi connectivity index (χ1) is 10.8. The molecule has 4 heteroatoms. The summed E-state index contributed by atoms with van der Waals surface area (Å²) in [5.74, 6) is 2.58. The number of carbonyl (C=O) groups is 1. The molecular weight excluding hydrogens is 290 g/mol. The average Bonchev–Trinajstić information content (AvgIpc) is 2.93. The van der Waals surface area contributed by atoms with Crippen molar-refractivity contribution in [2.45, 2.75) is 84.3 Å². The number of nitrogens with one attached hydrogen (secondary N) is 1. The van der Waals surface area contributed by atoms with Crippen LogP contribution in [0.15, 0.2) is 16.5 Å². The number of alkyl carbamates (subject to hydrolysis) is 1. The highest BCUT2D eigenvalue weighted by atomic mass is 16.6. The largest absolute Gasteiger partial charge is 0.464 e. The molecule has 2 rings (SSSR count). The monoisotopic (exact) mass is 321 g/mol. The lowest BCUT2D eigenvalue weighted by Crippen LogP contribution is -2.38. The first kappa shape index (κ1) is 17.9. The summed E-state index contributed by atoms with van der Waals surface area (Å²) in [5.41, 5.74) is -0.493. The Morgan fingerprint density at radius 2 is 1.78 bits per heavy atom. The Bertz CT molecular complexity index is 507. The van der Waals surface area contributed by atoms with Crippen LogP contribution in [0.1, 0.15) is 90.2 Å². The quantitative estimate of drug-likeness (QED) is 0.791. The number of amides is 1. The van der Waals surface area contributed by atoms with Gasteiger partial charge in [-0.2, -0.15) is 0 Å². The molecule has 0 radical (unpaired) electrons. The van der Waals surface area contributed by atoms with Crippen molar-refractivity contribution < 1.29 is 13.9 Å². The molecule has 1 amide bonds. The fourth-order valence-electron chi connectivity index (χ4n) is 3.17. The van der Waals surface area contributed by atoms with Gasteiger partial charge in [-0.25, -0.2) is 4.79 Å². The van der Waals surface area contributed by atoms with Crippen molar-refractivity contribution >= 4 is 6.09 Å². The molecule has 1 aromatic heterocycles. The normalized spacial score (nSPS) is 18.0. The summed E-state index contributed by atoms with van der Waals surface area (Å²) in [6.07, 6.45) is 5.60. The van der Waals surface area contributed by atoms with E-state index < -0.39 is 5.60 Å². The molecule has 4 nitrogen and oxygen atoms in total. The molecule has 23 heavy (non-hydrogen) atoms. The molecule has 1 aromatic rings. The van der Waals surface area contributed by atoms with Crippen LogP contribution in [0.25, 0.3) is 0 Å². The summed E-state index contributed by atoms with van der Waals surface area (Å²) >= 11 is 0. The Hall–Kier alpha value is -1.45. The first-order valence-electron chi connectivity index (χ1n) is 8.85. The van der Waals surface area contributed by atoms with E-state index >= 15 is 0 Å². The van der Waals surface area contributed by atoms with Crippen LogP contribution in [-0.2, 0) is 4.74 Å². The molecule has 1 atom stereocenters. The Morgan fingerprint density at radius 3 is 2.30 bits per heavy atom. The van der Waals surface area contributed by atoms with Crippen molar-refractivity contribution in [3.63, 3.8) is 0 Å². The topological polar surface area (TPSA) is 51.5 Å². The zero-order chi connectivity index (χ0) is 17.0. The lowest BCUT2D eigenvalue weighted by molar-refractivity contribution is 0.0464. The minimum absolute atomic E-state index is 0.0994. The first-order valence-corrected chi connectivity index (χ1v) is 8.85. The van der Waals surface area contributed by atoms with Gasteiger partial charge in [0, 0.05) is 5.92 Å². The van der Waals surface area contributed by atoms with Crippen LogP contribution in [0.4, 0.5) is 4.79 Å². The van der Waals surface area contributed by atoms with Crippen molar-refractivity contribution in [1.82, 2.24) is 5.32 Å². The molecule has 1 aliphatic carbocycles. The minimum Gasteiger partial charge on any atom is -0.464 e. The summed E-state index contributed by atoms with van der Waals surface area (Å²) in [4.78, 5) is 12.3. The van der Waals surface area contributed by atoms with Gasteiger partial charge in [0.1, 0.15) is 17.1 Å². The van der Waals surface area contributed by atoms with Gasteiger partial charge in [0.05, 0.1) is 6.04 Å². The molecule has 130 valence electrons. The van der Waals surface area contributed by atoms with Gasteiger partial charge in [-0.05, 0) is 51.7 Å². The van der Waals surface area contributed by atoms with Crippen LogP contribution in [0.5, 0.6) is 0 Å². The molecule has 1 aliphatic rings. The van der Waals surface area contributed by atoms with Crippen LogP contribution < -0.4 is 5.32 Å². The zero-order valence-electron chi connectivity index (χ0n) is 15.1. The lowest BCUT2D eigenvalue weighted by atomic mass is 9.83. The molecule has 0 saturated heterocycles. The van der Waals surface area contributed by atoms with Crippen LogP contribution in [0.3, 0.4) is 0 Å². The summed E-state index contributed by atoms with van der Waals surface area (Å²) in [5, 5.41) is 3.06. The summed E-state index contributed by atoms with van der Waals surface area (Å²) in [6.45, 7) is 9.86. The Kier molecular flexibility index (Phi) is 5.77. The Balaban J connectivity index is 2.15. The van der Waals surface area contributed by atoms with Crippen LogP contribution in [-0.4, -0.2) is 11.7 Å². The lowest BCUT2D eigenvalue weighted by Gasteiger charge is -2.30. The van der Waals surface area contributed by atoms with E-state index in [2.05, 4.69) is 19.2 Å². The summed E-state index contributed by atoms with van der Waals surface area (Å²) in [7, 11) is 0. The maximum atomic E-state index is 12.3.